The van der Waals surface area contributed by atoms with E-state index in [4.69, 9.17) is 0 Å². The largest absolute Gasteiger partial charge is 0.344 e. The Morgan fingerprint density at radius 1 is 0.812 bits per heavy atom. The van der Waals surface area contributed by atoms with Gasteiger partial charge in [-0.3, -0.25) is 0 Å². The molecule has 0 saturated carbocycles. The highest BCUT2D eigenvalue weighted by atomic mass is 15.1. The minimum Gasteiger partial charge on any atom is -0.344 e. The van der Waals surface area contributed by atoms with Crippen LogP contribution >= 0.6 is 0 Å². The monoisotopic (exact) mass is 207 g/mol. The van der Waals surface area contributed by atoms with Crippen molar-refractivity contribution < 1.29 is 0 Å². The fourth-order valence-electron chi connectivity index (χ4n) is 2.29. The van der Waals surface area contributed by atoms with Crippen molar-refractivity contribution in [3.05, 3.63) is 60.7 Å². The minimum absolute atomic E-state index is 1.06. The number of nitrogens with zero attached hydrogens (tertiary/aromatic N) is 1. The molecule has 1 heteroatoms. The Labute approximate surface area is 95.6 Å². The second-order valence-electron chi connectivity index (χ2n) is 4.07. The van der Waals surface area contributed by atoms with Crippen LogP contribution in [-0.4, -0.2) is 7.05 Å². The van der Waals surface area contributed by atoms with Crippen molar-refractivity contribution >= 4 is 11.4 Å². The van der Waals surface area contributed by atoms with E-state index in [1.807, 2.05) is 0 Å². The smallest absolute Gasteiger partial charge is 0.0488 e. The summed E-state index contributed by atoms with van der Waals surface area (Å²) in [5.41, 5.74) is 6.08. The normalized spacial score (nSPS) is 13.3. The molecule has 0 fully saturated rings. The lowest BCUT2D eigenvalue weighted by Gasteiger charge is -2.31. The van der Waals surface area contributed by atoms with Crippen molar-refractivity contribution in [3.8, 4) is 11.1 Å². The molecular weight excluding hydrogens is 194 g/mol. The number of anilines is 1. The number of benzene rings is 2. The molecule has 78 valence electrons. The average Bonchev–Trinajstić information content (AvgIpc) is 2.36. The molecule has 0 radical (unpaired) electrons. The van der Waals surface area contributed by atoms with Crippen LogP contribution in [0.1, 0.15) is 5.56 Å². The maximum atomic E-state index is 4.16. The van der Waals surface area contributed by atoms with Crippen LogP contribution in [0, 0.1) is 0 Å². The molecule has 0 amide bonds. The molecule has 0 bridgehead atoms. The first-order valence-electron chi connectivity index (χ1n) is 5.40. The van der Waals surface area contributed by atoms with Gasteiger partial charge in [0.15, 0.2) is 0 Å². The van der Waals surface area contributed by atoms with Crippen molar-refractivity contribution in [2.24, 2.45) is 0 Å². The summed E-state index contributed by atoms with van der Waals surface area (Å²) in [6.07, 6.45) is 0. The van der Waals surface area contributed by atoms with Gasteiger partial charge in [0.1, 0.15) is 0 Å². The van der Waals surface area contributed by atoms with Gasteiger partial charge in [-0.1, -0.05) is 49.0 Å². The van der Waals surface area contributed by atoms with E-state index in [1.165, 1.54) is 22.4 Å². The van der Waals surface area contributed by atoms with Gasteiger partial charge < -0.3 is 4.90 Å². The zero-order valence-corrected chi connectivity index (χ0v) is 9.27. The van der Waals surface area contributed by atoms with Crippen LogP contribution in [0.25, 0.3) is 16.8 Å². The van der Waals surface area contributed by atoms with Gasteiger partial charge in [-0.25, -0.2) is 0 Å². The van der Waals surface area contributed by atoms with E-state index in [0.29, 0.717) is 0 Å². The fraction of sp³-hybridized carbons (Fsp3) is 0.0667. The lowest BCUT2D eigenvalue weighted by atomic mass is 9.92. The van der Waals surface area contributed by atoms with Crippen LogP contribution in [0.2, 0.25) is 0 Å². The summed E-state index contributed by atoms with van der Waals surface area (Å²) < 4.78 is 0. The summed E-state index contributed by atoms with van der Waals surface area (Å²) in [5.74, 6) is 0. The van der Waals surface area contributed by atoms with Crippen molar-refractivity contribution in [1.29, 1.82) is 0 Å². The third-order valence-electron chi connectivity index (χ3n) is 3.20. The molecule has 16 heavy (non-hydrogen) atoms. The predicted octanol–water partition coefficient (Wildman–Crippen LogP) is 3.77. The molecule has 3 rings (SSSR count). The lowest BCUT2D eigenvalue weighted by molar-refractivity contribution is 1.20. The highest BCUT2D eigenvalue weighted by Crippen LogP contribution is 2.42. The molecule has 2 aromatic carbocycles. The Balaban J connectivity index is 2.37. The molecule has 0 spiro atoms. The molecule has 1 aliphatic rings. The maximum absolute atomic E-state index is 4.16. The molecular formula is C15H13N. The van der Waals surface area contributed by atoms with Crippen LogP contribution in [0.5, 0.6) is 0 Å². The van der Waals surface area contributed by atoms with Crippen LogP contribution in [0.4, 0.5) is 5.69 Å². The zero-order chi connectivity index (χ0) is 11.1. The van der Waals surface area contributed by atoms with Crippen LogP contribution in [0.15, 0.2) is 55.1 Å². The lowest BCUT2D eigenvalue weighted by Crippen LogP contribution is -2.19. The summed E-state index contributed by atoms with van der Waals surface area (Å²) in [5, 5.41) is 0. The third-order valence-corrected chi connectivity index (χ3v) is 3.20. The van der Waals surface area contributed by atoms with E-state index < -0.39 is 0 Å². The second-order valence-corrected chi connectivity index (χ2v) is 4.07. The van der Waals surface area contributed by atoms with Gasteiger partial charge in [-0.15, -0.1) is 0 Å². The fourth-order valence-corrected chi connectivity index (χ4v) is 2.29. The summed E-state index contributed by atoms with van der Waals surface area (Å²) in [6, 6.07) is 16.9. The Bertz CT molecular complexity index is 569. The number of hydrogen-bond acceptors (Lipinski definition) is 1. The number of hydrogen-bond donors (Lipinski definition) is 0. The first-order valence-corrected chi connectivity index (χ1v) is 5.40. The van der Waals surface area contributed by atoms with E-state index in [9.17, 15) is 0 Å². The van der Waals surface area contributed by atoms with Crippen LogP contribution < -0.4 is 4.90 Å². The molecule has 0 N–H and O–H groups in total. The van der Waals surface area contributed by atoms with Gasteiger partial charge in [0.05, 0.1) is 0 Å². The van der Waals surface area contributed by atoms with Gasteiger partial charge in [-0.05, 0) is 11.6 Å². The van der Waals surface area contributed by atoms with Gasteiger partial charge in [0, 0.05) is 29.6 Å². The number of fused-ring (bicyclic) bond motifs is 3. The summed E-state index contributed by atoms with van der Waals surface area (Å²) in [4.78, 5) is 2.15. The Hall–Kier alpha value is -2.02. The Morgan fingerprint density at radius 2 is 1.38 bits per heavy atom. The average molecular weight is 207 g/mol. The van der Waals surface area contributed by atoms with Crippen LogP contribution in [-0.2, 0) is 0 Å². The van der Waals surface area contributed by atoms with Gasteiger partial charge >= 0.3 is 0 Å². The molecule has 1 heterocycles. The molecule has 1 nitrogen and oxygen atoms in total. The van der Waals surface area contributed by atoms with E-state index in [-0.39, 0.29) is 0 Å². The predicted molar refractivity (Wildman–Crippen MR) is 69.3 cm³/mol. The molecule has 2 aromatic rings. The molecule has 0 atom stereocenters. The van der Waals surface area contributed by atoms with E-state index in [1.54, 1.807) is 0 Å². The van der Waals surface area contributed by atoms with Gasteiger partial charge in [0.25, 0.3) is 0 Å². The van der Waals surface area contributed by atoms with Crippen molar-refractivity contribution in [2.75, 3.05) is 11.9 Å². The standard InChI is InChI=1S/C15H13N/c1-11-12-7-3-4-8-13(12)14-9-5-6-10-15(14)16(11)2/h3-10H,1H2,2H3. The van der Waals surface area contributed by atoms with Crippen molar-refractivity contribution in [1.82, 2.24) is 0 Å². The second kappa shape index (κ2) is 3.24. The van der Waals surface area contributed by atoms with E-state index in [2.05, 4.69) is 67.1 Å². The molecule has 0 saturated heterocycles. The zero-order valence-electron chi connectivity index (χ0n) is 9.27. The van der Waals surface area contributed by atoms with Crippen LogP contribution in [0.3, 0.4) is 0 Å². The van der Waals surface area contributed by atoms with Crippen molar-refractivity contribution in [3.63, 3.8) is 0 Å². The molecule has 0 aromatic heterocycles. The first-order chi connectivity index (χ1) is 7.79. The Kier molecular flexibility index (Phi) is 1.87. The topological polar surface area (TPSA) is 3.24 Å². The first kappa shape index (κ1) is 9.22. The number of para-hydroxylation sites is 1. The maximum Gasteiger partial charge on any atom is 0.0488 e. The minimum atomic E-state index is 1.06. The van der Waals surface area contributed by atoms with Crippen molar-refractivity contribution in [2.45, 2.75) is 0 Å². The molecule has 0 aliphatic carbocycles. The third kappa shape index (κ3) is 1.12. The number of rotatable bonds is 0. The summed E-state index contributed by atoms with van der Waals surface area (Å²) >= 11 is 0. The van der Waals surface area contributed by atoms with E-state index in [0.717, 1.165) is 5.70 Å². The Morgan fingerprint density at radius 3 is 2.12 bits per heavy atom. The highest BCUT2D eigenvalue weighted by Gasteiger charge is 2.21. The van der Waals surface area contributed by atoms with Gasteiger partial charge in [0.2, 0.25) is 0 Å². The quantitative estimate of drug-likeness (QED) is 0.635. The van der Waals surface area contributed by atoms with E-state index >= 15 is 0 Å². The molecule has 0 unspecified atom stereocenters. The summed E-state index contributed by atoms with van der Waals surface area (Å²) in [7, 11) is 2.07. The SMILES string of the molecule is C=C1c2ccccc2-c2ccccc2N1C. The molecule has 1 aliphatic heterocycles. The summed E-state index contributed by atoms with van der Waals surface area (Å²) in [6.45, 7) is 4.16. The highest BCUT2D eigenvalue weighted by molar-refractivity contribution is 5.97. The van der Waals surface area contributed by atoms with Gasteiger partial charge in [-0.2, -0.15) is 0 Å².